The number of hydrogen-bond acceptors (Lipinski definition) is 5. The molecule has 3 aromatic rings. The van der Waals surface area contributed by atoms with E-state index in [1.54, 1.807) is 61.5 Å². The summed E-state index contributed by atoms with van der Waals surface area (Å²) in [6.45, 7) is 4.88. The fraction of sp³-hybridized carbons (Fsp3) is 0.310. The molecule has 0 unspecified atom stereocenters. The van der Waals surface area contributed by atoms with Crippen molar-refractivity contribution in [1.29, 1.82) is 0 Å². The lowest BCUT2D eigenvalue weighted by atomic mass is 10.1. The van der Waals surface area contributed by atoms with Crippen molar-refractivity contribution in [2.45, 2.75) is 50.7 Å². The standard InChI is InChI=1S/C29H34FN3O5S/c1-5-21(2)31-29(35)22(3)32(19-23-10-9-13-26(18-23)38-4)28(34)20-33(25-11-7-6-8-12-25)39(36,37)27-16-14-24(30)15-17-27/h6-18,21-22H,5,19-20H2,1-4H3,(H,31,35)/t21-,22+/m0/s1. The molecule has 0 saturated carbocycles. The first kappa shape index (κ1) is 29.6. The van der Waals surface area contributed by atoms with Gasteiger partial charge in [-0.05, 0) is 74.4 Å². The Morgan fingerprint density at radius 1 is 0.974 bits per heavy atom. The Morgan fingerprint density at radius 3 is 2.26 bits per heavy atom. The monoisotopic (exact) mass is 555 g/mol. The van der Waals surface area contributed by atoms with Gasteiger partial charge in [0.25, 0.3) is 10.0 Å². The van der Waals surface area contributed by atoms with E-state index in [0.29, 0.717) is 17.7 Å². The van der Waals surface area contributed by atoms with Crippen LogP contribution in [0.3, 0.4) is 0 Å². The maximum absolute atomic E-state index is 13.9. The number of ether oxygens (including phenoxy) is 1. The molecular formula is C29H34FN3O5S. The second kappa shape index (κ2) is 13.2. The molecule has 39 heavy (non-hydrogen) atoms. The van der Waals surface area contributed by atoms with E-state index >= 15 is 0 Å². The summed E-state index contributed by atoms with van der Waals surface area (Å²) < 4.78 is 47.2. The molecule has 0 aromatic heterocycles. The van der Waals surface area contributed by atoms with E-state index in [1.165, 1.54) is 12.0 Å². The number of hydrogen-bond donors (Lipinski definition) is 1. The Kier molecular flexibility index (Phi) is 10.1. The van der Waals surface area contributed by atoms with Crippen LogP contribution in [-0.4, -0.2) is 50.9 Å². The van der Waals surface area contributed by atoms with Crippen LogP contribution in [0.25, 0.3) is 0 Å². The van der Waals surface area contributed by atoms with Gasteiger partial charge in [0.05, 0.1) is 17.7 Å². The molecule has 208 valence electrons. The SMILES string of the molecule is CC[C@H](C)NC(=O)[C@@H](C)N(Cc1cccc(OC)c1)C(=O)CN(c1ccccc1)S(=O)(=O)c1ccc(F)cc1. The lowest BCUT2D eigenvalue weighted by Gasteiger charge is -2.32. The zero-order chi connectivity index (χ0) is 28.6. The molecule has 0 bridgehead atoms. The Morgan fingerprint density at radius 2 is 1.64 bits per heavy atom. The Labute approximate surface area is 229 Å². The molecular weight excluding hydrogens is 521 g/mol. The maximum atomic E-state index is 13.9. The minimum Gasteiger partial charge on any atom is -0.497 e. The summed E-state index contributed by atoms with van der Waals surface area (Å²) >= 11 is 0. The van der Waals surface area contributed by atoms with Gasteiger partial charge in [0, 0.05) is 12.6 Å². The first-order valence-corrected chi connectivity index (χ1v) is 14.1. The highest BCUT2D eigenvalue weighted by molar-refractivity contribution is 7.92. The number of benzene rings is 3. The summed E-state index contributed by atoms with van der Waals surface area (Å²) in [5.74, 6) is -0.935. The molecule has 0 spiro atoms. The molecule has 0 heterocycles. The van der Waals surface area contributed by atoms with Crippen LogP contribution in [0.1, 0.15) is 32.8 Å². The fourth-order valence-corrected chi connectivity index (χ4v) is 5.29. The molecule has 0 saturated heterocycles. The maximum Gasteiger partial charge on any atom is 0.264 e. The number of anilines is 1. The van der Waals surface area contributed by atoms with Crippen molar-refractivity contribution in [3.63, 3.8) is 0 Å². The predicted molar refractivity (Wildman–Crippen MR) is 148 cm³/mol. The molecule has 0 fully saturated rings. The van der Waals surface area contributed by atoms with E-state index in [9.17, 15) is 22.4 Å². The zero-order valence-corrected chi connectivity index (χ0v) is 23.3. The van der Waals surface area contributed by atoms with Crippen LogP contribution in [0.5, 0.6) is 5.75 Å². The number of carbonyl (C=O) groups excluding carboxylic acids is 2. The van der Waals surface area contributed by atoms with Gasteiger partial charge in [-0.25, -0.2) is 12.8 Å². The van der Waals surface area contributed by atoms with Crippen molar-refractivity contribution >= 4 is 27.5 Å². The highest BCUT2D eigenvalue weighted by Gasteiger charge is 2.32. The van der Waals surface area contributed by atoms with Gasteiger partial charge in [-0.1, -0.05) is 37.3 Å². The van der Waals surface area contributed by atoms with E-state index in [-0.39, 0.29) is 29.1 Å². The van der Waals surface area contributed by atoms with E-state index in [2.05, 4.69) is 5.32 Å². The summed E-state index contributed by atoms with van der Waals surface area (Å²) in [4.78, 5) is 28.1. The molecule has 10 heteroatoms. The number of amides is 2. The van der Waals surface area contributed by atoms with Crippen molar-refractivity contribution in [1.82, 2.24) is 10.2 Å². The number of carbonyl (C=O) groups is 2. The van der Waals surface area contributed by atoms with Gasteiger partial charge >= 0.3 is 0 Å². The molecule has 1 N–H and O–H groups in total. The first-order chi connectivity index (χ1) is 18.6. The molecule has 0 aliphatic heterocycles. The quantitative estimate of drug-likeness (QED) is 0.358. The van der Waals surface area contributed by atoms with Gasteiger partial charge < -0.3 is 15.0 Å². The summed E-state index contributed by atoms with van der Waals surface area (Å²) in [6.07, 6.45) is 0.708. The number of methoxy groups -OCH3 is 1. The average Bonchev–Trinajstić information content (AvgIpc) is 2.94. The van der Waals surface area contributed by atoms with Gasteiger partial charge in [0.15, 0.2) is 0 Å². The number of para-hydroxylation sites is 1. The van der Waals surface area contributed by atoms with Gasteiger partial charge in [-0.15, -0.1) is 0 Å². The number of nitrogens with zero attached hydrogens (tertiary/aromatic N) is 2. The number of sulfonamides is 1. The highest BCUT2D eigenvalue weighted by Crippen LogP contribution is 2.25. The van der Waals surface area contributed by atoms with Crippen molar-refractivity contribution in [3.8, 4) is 5.75 Å². The van der Waals surface area contributed by atoms with Crippen LogP contribution in [0.15, 0.2) is 83.8 Å². The molecule has 0 radical (unpaired) electrons. The summed E-state index contributed by atoms with van der Waals surface area (Å²) in [6, 6.07) is 18.7. The summed E-state index contributed by atoms with van der Waals surface area (Å²) in [5.41, 5.74) is 0.965. The third-order valence-electron chi connectivity index (χ3n) is 6.38. The lowest BCUT2D eigenvalue weighted by Crippen LogP contribution is -2.52. The topological polar surface area (TPSA) is 96.0 Å². The number of rotatable bonds is 12. The largest absolute Gasteiger partial charge is 0.497 e. The molecule has 0 aliphatic carbocycles. The van der Waals surface area contributed by atoms with Crippen molar-refractivity contribution in [3.05, 3.63) is 90.2 Å². The Hall–Kier alpha value is -3.92. The van der Waals surface area contributed by atoms with Crippen molar-refractivity contribution < 1.29 is 27.1 Å². The van der Waals surface area contributed by atoms with Crippen LogP contribution in [-0.2, 0) is 26.2 Å². The van der Waals surface area contributed by atoms with E-state index in [1.807, 2.05) is 13.8 Å². The number of nitrogens with one attached hydrogen (secondary N) is 1. The third-order valence-corrected chi connectivity index (χ3v) is 8.17. The van der Waals surface area contributed by atoms with Gasteiger partial charge in [-0.2, -0.15) is 0 Å². The van der Waals surface area contributed by atoms with Crippen molar-refractivity contribution in [2.75, 3.05) is 18.0 Å². The lowest BCUT2D eigenvalue weighted by molar-refractivity contribution is -0.139. The minimum absolute atomic E-state index is 0.0460. The molecule has 0 aliphatic rings. The molecule has 2 atom stereocenters. The third kappa shape index (κ3) is 7.57. The van der Waals surface area contributed by atoms with Crippen molar-refractivity contribution in [2.24, 2.45) is 0 Å². The van der Waals surface area contributed by atoms with Gasteiger partial charge in [0.1, 0.15) is 24.2 Å². The Balaban J connectivity index is 2.00. The Bertz CT molecular complexity index is 1370. The molecule has 3 aromatic carbocycles. The van der Waals surface area contributed by atoms with Crippen LogP contribution >= 0.6 is 0 Å². The van der Waals surface area contributed by atoms with Gasteiger partial charge in [0.2, 0.25) is 11.8 Å². The second-order valence-corrected chi connectivity index (χ2v) is 11.0. The molecule has 8 nitrogen and oxygen atoms in total. The average molecular weight is 556 g/mol. The minimum atomic E-state index is -4.25. The zero-order valence-electron chi connectivity index (χ0n) is 22.5. The van der Waals surface area contributed by atoms with E-state index < -0.39 is 34.3 Å². The van der Waals surface area contributed by atoms with E-state index in [4.69, 9.17) is 4.74 Å². The van der Waals surface area contributed by atoms with Crippen LogP contribution < -0.4 is 14.4 Å². The van der Waals surface area contributed by atoms with Crippen LogP contribution in [0.2, 0.25) is 0 Å². The fourth-order valence-electron chi connectivity index (χ4n) is 3.87. The second-order valence-electron chi connectivity index (χ2n) is 9.17. The smallest absolute Gasteiger partial charge is 0.264 e. The predicted octanol–water partition coefficient (Wildman–Crippen LogP) is 4.36. The summed E-state index contributed by atoms with van der Waals surface area (Å²) in [5, 5.41) is 2.89. The molecule has 2 amide bonds. The van der Waals surface area contributed by atoms with E-state index in [0.717, 1.165) is 28.6 Å². The molecule has 3 rings (SSSR count). The van der Waals surface area contributed by atoms with Crippen LogP contribution in [0, 0.1) is 5.82 Å². The van der Waals surface area contributed by atoms with Crippen LogP contribution in [0.4, 0.5) is 10.1 Å². The van der Waals surface area contributed by atoms with Gasteiger partial charge in [-0.3, -0.25) is 13.9 Å². The summed E-state index contributed by atoms with van der Waals surface area (Å²) in [7, 11) is -2.72. The highest BCUT2D eigenvalue weighted by atomic mass is 32.2. The normalized spacial score (nSPS) is 12.7. The number of halogens is 1. The first-order valence-electron chi connectivity index (χ1n) is 12.6.